The van der Waals surface area contributed by atoms with Crippen molar-refractivity contribution in [2.45, 2.75) is 51.6 Å². The van der Waals surface area contributed by atoms with E-state index in [0.717, 1.165) is 23.0 Å². The second kappa shape index (κ2) is 6.02. The molecule has 0 bridgehead atoms. The molecule has 0 spiro atoms. The first kappa shape index (κ1) is 14.3. The Labute approximate surface area is 126 Å². The molecule has 3 rings (SSSR count). The Kier molecular flexibility index (Phi) is 4.11. The zero-order chi connectivity index (χ0) is 14.8. The minimum atomic E-state index is 0.0504. The van der Waals surface area contributed by atoms with Crippen molar-refractivity contribution in [2.75, 3.05) is 6.54 Å². The van der Waals surface area contributed by atoms with Crippen LogP contribution in [-0.4, -0.2) is 29.4 Å². The maximum atomic E-state index is 12.9. The van der Waals surface area contributed by atoms with Gasteiger partial charge in [0.15, 0.2) is 0 Å². The van der Waals surface area contributed by atoms with E-state index in [4.69, 9.17) is 0 Å². The van der Waals surface area contributed by atoms with Crippen molar-refractivity contribution in [1.82, 2.24) is 4.98 Å². The van der Waals surface area contributed by atoms with Crippen molar-refractivity contribution in [1.29, 1.82) is 0 Å². The maximum Gasteiger partial charge on any atom is 0.221 e. The Balaban J connectivity index is 1.87. The average molecular weight is 285 g/mol. The third-order valence-corrected chi connectivity index (χ3v) is 5.09. The van der Waals surface area contributed by atoms with Crippen LogP contribution in [0.1, 0.15) is 49.9 Å². The van der Waals surface area contributed by atoms with Crippen LogP contribution >= 0.6 is 0 Å². The van der Waals surface area contributed by atoms with Crippen LogP contribution in [0.25, 0.3) is 10.9 Å². The molecule has 2 N–H and O–H groups in total. The topological polar surface area (TPSA) is 37.3 Å². The number of likely N-dealkylation sites (tertiary alicyclic amines) is 1. The number of fused-ring (bicyclic) bond motifs is 1. The monoisotopic (exact) mass is 285 g/mol. The summed E-state index contributed by atoms with van der Waals surface area (Å²) < 4.78 is 0. The number of aromatic nitrogens is 1. The van der Waals surface area contributed by atoms with Crippen LogP contribution in [0, 0.1) is 0 Å². The van der Waals surface area contributed by atoms with E-state index in [1.54, 1.807) is 0 Å². The van der Waals surface area contributed by atoms with Gasteiger partial charge < -0.3 is 9.88 Å². The van der Waals surface area contributed by atoms with Crippen LogP contribution in [0.3, 0.4) is 0 Å². The summed E-state index contributed by atoms with van der Waals surface area (Å²) in [6.45, 7) is 5.49. The predicted molar refractivity (Wildman–Crippen MR) is 85.9 cm³/mol. The van der Waals surface area contributed by atoms with Gasteiger partial charge in [-0.1, -0.05) is 25.1 Å². The highest BCUT2D eigenvalue weighted by molar-refractivity contribution is 6.09. The zero-order valence-electron chi connectivity index (χ0n) is 13.0. The molecule has 1 unspecified atom stereocenters. The van der Waals surface area contributed by atoms with E-state index >= 15 is 0 Å². The standard InChI is InChI=1S/C18H24N2O/c1-3-14-8-6-7-11-20(14)13(2)18(21)16-12-19-17-10-5-4-9-15(16)17/h4-5,9-10,12-14,19H,3,6-8,11H2,1-2H3/p+1/t13-,14-/m0/s1. The van der Waals surface area contributed by atoms with Crippen LogP contribution in [0.15, 0.2) is 30.5 Å². The third kappa shape index (κ3) is 2.62. The van der Waals surface area contributed by atoms with E-state index in [1.807, 2.05) is 30.5 Å². The lowest BCUT2D eigenvalue weighted by Crippen LogP contribution is -3.20. The first-order valence-electron chi connectivity index (χ1n) is 8.18. The summed E-state index contributed by atoms with van der Waals surface area (Å²) in [5.74, 6) is 0.280. The van der Waals surface area contributed by atoms with Gasteiger partial charge in [-0.2, -0.15) is 0 Å². The molecule has 0 saturated carbocycles. The number of ketones is 1. The molecule has 0 amide bonds. The number of nitrogens with one attached hydrogen (secondary N) is 2. The number of rotatable bonds is 4. The summed E-state index contributed by atoms with van der Waals surface area (Å²) in [5.41, 5.74) is 1.90. The lowest BCUT2D eigenvalue weighted by Gasteiger charge is -2.35. The number of Topliss-reactive ketones (excluding diaryl/α,β-unsaturated/α-hetero) is 1. The summed E-state index contributed by atoms with van der Waals surface area (Å²) in [5, 5.41) is 1.05. The quantitative estimate of drug-likeness (QED) is 0.833. The van der Waals surface area contributed by atoms with Gasteiger partial charge in [0.2, 0.25) is 5.78 Å². The summed E-state index contributed by atoms with van der Waals surface area (Å²) >= 11 is 0. The fourth-order valence-corrected chi connectivity index (χ4v) is 3.82. The molecular weight excluding hydrogens is 260 g/mol. The first-order valence-corrected chi connectivity index (χ1v) is 8.18. The highest BCUT2D eigenvalue weighted by Gasteiger charge is 2.34. The molecule has 3 heteroatoms. The summed E-state index contributed by atoms with van der Waals surface area (Å²) in [7, 11) is 0. The molecular formula is C18H25N2O+. The van der Waals surface area contributed by atoms with E-state index in [1.165, 1.54) is 30.6 Å². The van der Waals surface area contributed by atoms with Crippen molar-refractivity contribution in [2.24, 2.45) is 0 Å². The van der Waals surface area contributed by atoms with E-state index in [2.05, 4.69) is 18.8 Å². The number of hydrogen-bond acceptors (Lipinski definition) is 1. The first-order chi connectivity index (χ1) is 10.2. The Morgan fingerprint density at radius 1 is 1.38 bits per heavy atom. The minimum absolute atomic E-state index is 0.0504. The largest absolute Gasteiger partial charge is 0.360 e. The van der Waals surface area contributed by atoms with Crippen LogP contribution in [-0.2, 0) is 0 Å². The molecule has 21 heavy (non-hydrogen) atoms. The second-order valence-electron chi connectivity index (χ2n) is 6.26. The molecule has 1 fully saturated rings. The lowest BCUT2D eigenvalue weighted by molar-refractivity contribution is -0.943. The van der Waals surface area contributed by atoms with Crippen LogP contribution in [0.4, 0.5) is 0 Å². The second-order valence-corrected chi connectivity index (χ2v) is 6.26. The molecule has 1 aliphatic heterocycles. The van der Waals surface area contributed by atoms with Crippen molar-refractivity contribution in [3.8, 4) is 0 Å². The number of hydrogen-bond donors (Lipinski definition) is 2. The van der Waals surface area contributed by atoms with Gasteiger partial charge in [0, 0.05) is 22.7 Å². The highest BCUT2D eigenvalue weighted by Crippen LogP contribution is 2.19. The molecule has 2 aromatic rings. The molecule has 1 aliphatic rings. The van der Waals surface area contributed by atoms with Crippen LogP contribution in [0.5, 0.6) is 0 Å². The van der Waals surface area contributed by atoms with Crippen LogP contribution < -0.4 is 4.90 Å². The summed E-state index contributed by atoms with van der Waals surface area (Å²) in [4.78, 5) is 17.6. The number of carbonyl (C=O) groups is 1. The van der Waals surface area contributed by atoms with Gasteiger partial charge in [-0.3, -0.25) is 4.79 Å². The van der Waals surface area contributed by atoms with Gasteiger partial charge >= 0.3 is 0 Å². The third-order valence-electron chi connectivity index (χ3n) is 5.09. The molecule has 0 aliphatic carbocycles. The van der Waals surface area contributed by atoms with Crippen molar-refractivity contribution < 1.29 is 9.69 Å². The number of aromatic amines is 1. The fourth-order valence-electron chi connectivity index (χ4n) is 3.82. The van der Waals surface area contributed by atoms with Gasteiger partial charge in [0.1, 0.15) is 6.04 Å². The van der Waals surface area contributed by atoms with Crippen molar-refractivity contribution in [3.63, 3.8) is 0 Å². The van der Waals surface area contributed by atoms with Gasteiger partial charge in [-0.25, -0.2) is 0 Å². The number of quaternary nitrogens is 1. The Morgan fingerprint density at radius 2 is 2.19 bits per heavy atom. The molecule has 112 valence electrons. The predicted octanol–water partition coefficient (Wildman–Crippen LogP) is 2.59. The van der Waals surface area contributed by atoms with Crippen molar-refractivity contribution in [3.05, 3.63) is 36.0 Å². The average Bonchev–Trinajstić information content (AvgIpc) is 2.97. The van der Waals surface area contributed by atoms with E-state index in [-0.39, 0.29) is 11.8 Å². The normalized spacial score (nSPS) is 24.1. The number of carbonyl (C=O) groups excluding carboxylic acids is 1. The van der Waals surface area contributed by atoms with Crippen LogP contribution in [0.2, 0.25) is 0 Å². The number of H-pyrrole nitrogens is 1. The van der Waals surface area contributed by atoms with E-state index in [9.17, 15) is 4.79 Å². The van der Waals surface area contributed by atoms with E-state index < -0.39 is 0 Å². The smallest absolute Gasteiger partial charge is 0.221 e. The maximum absolute atomic E-state index is 12.9. The summed E-state index contributed by atoms with van der Waals surface area (Å²) in [6.07, 6.45) is 6.87. The van der Waals surface area contributed by atoms with Gasteiger partial charge in [0.25, 0.3) is 0 Å². The highest BCUT2D eigenvalue weighted by atomic mass is 16.1. The molecule has 3 nitrogen and oxygen atoms in total. The van der Waals surface area contributed by atoms with Gasteiger partial charge in [-0.15, -0.1) is 0 Å². The Hall–Kier alpha value is -1.61. The van der Waals surface area contributed by atoms with Gasteiger partial charge in [0.05, 0.1) is 12.6 Å². The minimum Gasteiger partial charge on any atom is -0.360 e. The SMILES string of the molecule is CC[C@H]1CCCC[NH+]1[C@@H](C)C(=O)c1c[nH]c2ccccc12. The summed E-state index contributed by atoms with van der Waals surface area (Å²) in [6, 6.07) is 8.76. The van der Waals surface area contributed by atoms with Crippen molar-refractivity contribution >= 4 is 16.7 Å². The number of benzene rings is 1. The molecule has 1 saturated heterocycles. The lowest BCUT2D eigenvalue weighted by atomic mass is 9.95. The number of piperidine rings is 1. The molecule has 1 aromatic carbocycles. The molecule has 2 heterocycles. The molecule has 3 atom stereocenters. The molecule has 1 aromatic heterocycles. The van der Waals surface area contributed by atoms with Gasteiger partial charge in [-0.05, 0) is 38.7 Å². The van der Waals surface area contributed by atoms with E-state index in [0.29, 0.717) is 6.04 Å². The Morgan fingerprint density at radius 3 is 3.00 bits per heavy atom. The fraction of sp³-hybridized carbons (Fsp3) is 0.500. The Bertz CT molecular complexity index is 631. The number of para-hydroxylation sites is 1. The molecule has 0 radical (unpaired) electrons. The zero-order valence-corrected chi connectivity index (χ0v) is 13.0.